The van der Waals surface area contributed by atoms with Crippen LogP contribution in [0.15, 0.2) is 0 Å². The molecule has 5 fully saturated rings. The topological polar surface area (TPSA) is 373 Å². The van der Waals surface area contributed by atoms with Crippen molar-refractivity contribution in [3.05, 3.63) is 0 Å². The van der Waals surface area contributed by atoms with E-state index in [1.807, 2.05) is 110 Å². The van der Waals surface area contributed by atoms with Gasteiger partial charge in [0.05, 0.1) is 6.42 Å². The third-order valence-electron chi connectivity index (χ3n) is 20.6. The van der Waals surface area contributed by atoms with Crippen molar-refractivity contribution in [3.8, 4) is 0 Å². The normalized spacial score (nSPS) is 17.6. The van der Waals surface area contributed by atoms with E-state index in [2.05, 4.69) is 37.2 Å². The van der Waals surface area contributed by atoms with Crippen LogP contribution in [-0.4, -0.2) is 186 Å². The zero-order valence-corrected chi connectivity index (χ0v) is 74.0. The zero-order chi connectivity index (χ0) is 80.8. The predicted molar refractivity (Wildman–Crippen MR) is 468 cm³/mol. The van der Waals surface area contributed by atoms with Crippen LogP contribution >= 0.6 is 68.6 Å². The van der Waals surface area contributed by atoms with Gasteiger partial charge in [-0.15, -0.1) is 0 Å². The molecule has 16 N–H and O–H groups in total. The van der Waals surface area contributed by atoms with Crippen LogP contribution in [-0.2, 0) is 38.2 Å². The molecule has 29 heteroatoms. The first-order valence-corrected chi connectivity index (χ1v) is 48.4. The molecule has 0 aliphatic heterocycles. The Balaban J connectivity index is 0.000000826. The number of rotatable bonds is 45. The van der Waals surface area contributed by atoms with E-state index in [1.165, 1.54) is 62.9 Å². The van der Waals surface area contributed by atoms with Gasteiger partial charge in [-0.1, -0.05) is 125 Å². The van der Waals surface area contributed by atoms with Gasteiger partial charge < -0.3 is 79.5 Å². The van der Waals surface area contributed by atoms with Crippen molar-refractivity contribution >= 4 is 117 Å². The standard InChI is InChI=1S/C35H64N4O6S2.C25H48N4O2S2.C14H25NO4.C6H16N2S2.CH4/c1-32(2,3)44-30(42)38-25-34(15-9-7-10-16-34)23-28(40)36-19-13-21-46-27-47-22-14-20-37-29(41)24-35(17-11-8-12-18-35)26-39-31(43)45-33(4,5)6;26-19-24(9-3-1-4-10-24)17-22(30)28-13-7-15-32-21-33-16-8-14-29-23(31)18-25(20-27)11-5-2-6-12-25;1-13(2,3)19-12(18)15-10-14(9-11(16)17)7-5-4-6-8-14;7-3-1-5-9-10-6-2-4-8;/h7-27H2,1-6H3,(H,36,40)(H,37,41)(H,38,42)(H,39,43);1-21,26-27H2,(H,28,30)(H,29,31);4-10H2,1-3H3,(H,15,18)(H,16,17);1-8H2;1H4. The Morgan fingerprint density at radius 1 is 0.327 bits per heavy atom. The van der Waals surface area contributed by atoms with Crippen molar-refractivity contribution in [1.29, 1.82) is 0 Å². The Hall–Kier alpha value is -2.90. The fourth-order valence-corrected chi connectivity index (χ4v) is 21.1. The monoisotopic (exact) mass is 1670 g/mol. The van der Waals surface area contributed by atoms with Gasteiger partial charge in [0.15, 0.2) is 0 Å². The molecule has 644 valence electrons. The number of hydrogen-bond donors (Lipinski definition) is 12. The molecule has 0 bridgehead atoms. The third-order valence-corrected chi connectivity index (χ3v) is 28.1. The van der Waals surface area contributed by atoms with E-state index in [0.717, 1.165) is 207 Å². The molecule has 5 rings (SSSR count). The number of thioether (sulfide) groups is 4. The third kappa shape index (κ3) is 53.4. The van der Waals surface area contributed by atoms with Crippen molar-refractivity contribution in [3.63, 3.8) is 0 Å². The maximum Gasteiger partial charge on any atom is 0.407 e. The molecule has 0 spiro atoms. The SMILES string of the molecule is C.CC(C)(C)OC(=O)NCC1(CC(=O)NCCCSCSCCCNC(=O)CC2(CNC(=O)OC(C)(C)C)CCCCC2)CCCCC1.CC(C)(C)OC(=O)NCC1(CC(=O)O)CCCCC1.NCC1(CC(=O)NCCCSCSCCCNC(=O)CC2(CN)CCCCC2)CCCCC1.NCCCSSCCCN. The number of carbonyl (C=O) groups is 8. The fraction of sp³-hybridized carbons (Fsp3) is 0.901. The summed E-state index contributed by atoms with van der Waals surface area (Å²) < 4.78 is 16.0. The van der Waals surface area contributed by atoms with Crippen LogP contribution in [0.5, 0.6) is 0 Å². The lowest BCUT2D eigenvalue weighted by atomic mass is 9.71. The van der Waals surface area contributed by atoms with E-state index in [9.17, 15) is 38.4 Å². The van der Waals surface area contributed by atoms with Gasteiger partial charge in [0.1, 0.15) is 16.8 Å². The van der Waals surface area contributed by atoms with E-state index in [1.54, 1.807) is 20.8 Å². The molecule has 110 heavy (non-hydrogen) atoms. The Morgan fingerprint density at radius 2 is 0.555 bits per heavy atom. The second kappa shape index (κ2) is 59.7. The summed E-state index contributed by atoms with van der Waals surface area (Å²) in [5.74, 6) is 6.10. The zero-order valence-electron chi connectivity index (χ0n) is 69.1. The van der Waals surface area contributed by atoms with Gasteiger partial charge in [0, 0.05) is 93.2 Å². The molecule has 5 aliphatic rings. The summed E-state index contributed by atoms with van der Waals surface area (Å²) in [7, 11) is 3.80. The number of carbonyl (C=O) groups excluding carboxylic acids is 7. The molecule has 0 aromatic rings. The minimum Gasteiger partial charge on any atom is -0.481 e. The number of ether oxygens (including phenoxy) is 3. The summed E-state index contributed by atoms with van der Waals surface area (Å²) in [5, 5.41) is 32.0. The summed E-state index contributed by atoms with van der Waals surface area (Å²) in [5.41, 5.74) is 20.4. The van der Waals surface area contributed by atoms with E-state index < -0.39 is 41.1 Å². The molecule has 23 nitrogen and oxygen atoms in total. The first-order valence-electron chi connectivity index (χ1n) is 41.3. The van der Waals surface area contributed by atoms with Gasteiger partial charge in [-0.05, 0) is 241 Å². The van der Waals surface area contributed by atoms with E-state index >= 15 is 0 Å². The molecule has 7 amide bonds. The number of nitrogens with two attached hydrogens (primary N) is 4. The highest BCUT2D eigenvalue weighted by molar-refractivity contribution is 8.76. The van der Waals surface area contributed by atoms with Gasteiger partial charge in [-0.3, -0.25) is 24.0 Å². The average Bonchev–Trinajstić information content (AvgIpc) is 0.974. The van der Waals surface area contributed by atoms with Crippen molar-refractivity contribution in [2.75, 3.05) is 117 Å². The van der Waals surface area contributed by atoms with Crippen LogP contribution in [0, 0.1) is 27.1 Å². The summed E-state index contributed by atoms with van der Waals surface area (Å²) in [6, 6.07) is 0. The average molecular weight is 1670 g/mol. The lowest BCUT2D eigenvalue weighted by Crippen LogP contribution is -2.44. The van der Waals surface area contributed by atoms with Gasteiger partial charge >= 0.3 is 24.2 Å². The summed E-state index contributed by atoms with van der Waals surface area (Å²) in [6.07, 6.45) is 34.1. The molecule has 0 aromatic carbocycles. The number of aliphatic carboxylic acids is 1. The van der Waals surface area contributed by atoms with Gasteiger partial charge in [-0.25, -0.2) is 14.4 Å². The van der Waals surface area contributed by atoms with E-state index in [4.69, 9.17) is 42.3 Å². The van der Waals surface area contributed by atoms with Crippen LogP contribution < -0.4 is 60.2 Å². The Kier molecular flexibility index (Phi) is 57.1. The summed E-state index contributed by atoms with van der Waals surface area (Å²) in [6.45, 7) is 23.5. The Labute approximate surface area is 691 Å². The molecule has 0 atom stereocenters. The molecule has 5 saturated carbocycles. The minimum atomic E-state index is -0.798. The molecule has 0 aromatic heterocycles. The van der Waals surface area contributed by atoms with Crippen molar-refractivity contribution in [2.24, 2.45) is 50.0 Å². The number of hydrogen-bond acceptors (Lipinski definition) is 21. The predicted octanol–water partition coefficient (Wildman–Crippen LogP) is 15.8. The fourth-order valence-electron chi connectivity index (χ4n) is 14.7. The first kappa shape index (κ1) is 105. The minimum absolute atomic E-state index is 0. The van der Waals surface area contributed by atoms with Crippen LogP contribution in [0.1, 0.15) is 301 Å². The molecular weight excluding hydrogens is 1510 g/mol. The van der Waals surface area contributed by atoms with Crippen LogP contribution in [0.3, 0.4) is 0 Å². The van der Waals surface area contributed by atoms with Gasteiger partial charge in [0.25, 0.3) is 0 Å². The Bertz CT molecular complexity index is 2370. The largest absolute Gasteiger partial charge is 0.481 e. The summed E-state index contributed by atoms with van der Waals surface area (Å²) in [4.78, 5) is 97.2. The van der Waals surface area contributed by atoms with Crippen LogP contribution in [0.2, 0.25) is 0 Å². The van der Waals surface area contributed by atoms with Gasteiger partial charge in [0.2, 0.25) is 23.6 Å². The van der Waals surface area contributed by atoms with Crippen LogP contribution in [0.4, 0.5) is 14.4 Å². The highest BCUT2D eigenvalue weighted by Crippen LogP contribution is 2.43. The summed E-state index contributed by atoms with van der Waals surface area (Å²) >= 11 is 7.59. The molecule has 0 saturated heterocycles. The van der Waals surface area contributed by atoms with E-state index in [-0.39, 0.29) is 64.6 Å². The lowest BCUT2D eigenvalue weighted by Gasteiger charge is -2.37. The number of nitrogens with one attached hydrogen (secondary N) is 7. The second-order valence-electron chi connectivity index (χ2n) is 34.2. The van der Waals surface area contributed by atoms with E-state index in [0.29, 0.717) is 71.5 Å². The molecule has 0 heterocycles. The van der Waals surface area contributed by atoms with Crippen molar-refractivity contribution < 1.29 is 57.7 Å². The second-order valence-corrected chi connectivity index (χ2v) is 42.0. The molecule has 5 aliphatic carbocycles. The number of carboxylic acid groups (broad SMARTS) is 1. The quantitative estimate of drug-likeness (QED) is 0.0117. The van der Waals surface area contributed by atoms with Crippen molar-refractivity contribution in [2.45, 2.75) is 318 Å². The molecular formula is C81H157N11O12S6. The molecule has 0 unspecified atom stereocenters. The highest BCUT2D eigenvalue weighted by atomic mass is 33.1. The molecule has 0 radical (unpaired) electrons. The number of amides is 7. The van der Waals surface area contributed by atoms with Crippen LogP contribution in [0.25, 0.3) is 0 Å². The smallest absolute Gasteiger partial charge is 0.407 e. The Morgan fingerprint density at radius 3 is 0.773 bits per heavy atom. The lowest BCUT2D eigenvalue weighted by molar-refractivity contribution is -0.140. The van der Waals surface area contributed by atoms with Crippen molar-refractivity contribution in [1.82, 2.24) is 37.2 Å². The number of carboxylic acids is 1. The highest BCUT2D eigenvalue weighted by Gasteiger charge is 2.39. The maximum absolute atomic E-state index is 12.8. The maximum atomic E-state index is 12.8. The first-order chi connectivity index (χ1) is 51.8. The number of alkyl carbamates (subject to hydrolysis) is 3. The van der Waals surface area contributed by atoms with Gasteiger partial charge in [-0.2, -0.15) is 47.0 Å².